The molecule has 3 N–H and O–H groups in total. The van der Waals surface area contributed by atoms with Crippen molar-refractivity contribution >= 4 is 17.8 Å². The Bertz CT molecular complexity index is 402. The van der Waals surface area contributed by atoms with Crippen molar-refractivity contribution in [1.29, 1.82) is 0 Å². The van der Waals surface area contributed by atoms with Crippen molar-refractivity contribution in [3.8, 4) is 0 Å². The standard InChI is InChI=1S/C9H16N6O2/c1-3-11-7(16)4-14(2)8(17)5-15-6-12-9(10)13-15/h6H,3-5H2,1-2H3,(H2,10,13)(H,11,16). The van der Waals surface area contributed by atoms with Crippen LogP contribution in [0, 0.1) is 0 Å². The van der Waals surface area contributed by atoms with E-state index in [1.54, 1.807) is 7.05 Å². The van der Waals surface area contributed by atoms with Gasteiger partial charge in [0.05, 0.1) is 6.54 Å². The van der Waals surface area contributed by atoms with Crippen molar-refractivity contribution in [3.05, 3.63) is 6.33 Å². The van der Waals surface area contributed by atoms with E-state index in [9.17, 15) is 9.59 Å². The number of nitrogen functional groups attached to an aromatic ring is 1. The Morgan fingerprint density at radius 2 is 2.29 bits per heavy atom. The van der Waals surface area contributed by atoms with E-state index in [0.29, 0.717) is 6.54 Å². The average molecular weight is 240 g/mol. The molecule has 0 spiro atoms. The Balaban J connectivity index is 2.44. The second-order valence-corrected chi connectivity index (χ2v) is 3.50. The summed E-state index contributed by atoms with van der Waals surface area (Å²) in [4.78, 5) is 28.0. The Kier molecular flexibility index (Phi) is 4.44. The van der Waals surface area contributed by atoms with Crippen LogP contribution in [-0.2, 0) is 16.1 Å². The summed E-state index contributed by atoms with van der Waals surface area (Å²) >= 11 is 0. The van der Waals surface area contributed by atoms with Crippen LogP contribution in [0.4, 0.5) is 5.95 Å². The smallest absolute Gasteiger partial charge is 0.244 e. The van der Waals surface area contributed by atoms with Crippen molar-refractivity contribution in [3.63, 3.8) is 0 Å². The van der Waals surface area contributed by atoms with E-state index >= 15 is 0 Å². The number of hydrogen-bond acceptors (Lipinski definition) is 5. The fraction of sp³-hybridized carbons (Fsp3) is 0.556. The van der Waals surface area contributed by atoms with Crippen molar-refractivity contribution < 1.29 is 9.59 Å². The van der Waals surface area contributed by atoms with Crippen LogP contribution in [0.5, 0.6) is 0 Å². The van der Waals surface area contributed by atoms with Crippen molar-refractivity contribution in [2.45, 2.75) is 13.5 Å². The molecule has 0 atom stereocenters. The molecule has 0 bridgehead atoms. The predicted octanol–water partition coefficient (Wildman–Crippen LogP) is -1.55. The minimum absolute atomic E-state index is 0.0140. The summed E-state index contributed by atoms with van der Waals surface area (Å²) in [6.07, 6.45) is 1.37. The summed E-state index contributed by atoms with van der Waals surface area (Å²) in [6, 6.07) is 0. The SMILES string of the molecule is CCNC(=O)CN(C)C(=O)Cn1cnc(N)n1. The number of carbonyl (C=O) groups is 2. The molecule has 2 amide bonds. The molecule has 0 fully saturated rings. The van der Waals surface area contributed by atoms with E-state index in [4.69, 9.17) is 5.73 Å². The third-order valence-corrected chi connectivity index (χ3v) is 2.03. The fourth-order valence-electron chi connectivity index (χ4n) is 1.20. The van der Waals surface area contributed by atoms with Crippen LogP contribution in [0.1, 0.15) is 6.92 Å². The molecule has 8 nitrogen and oxygen atoms in total. The van der Waals surface area contributed by atoms with Crippen LogP contribution < -0.4 is 11.1 Å². The monoisotopic (exact) mass is 240 g/mol. The van der Waals surface area contributed by atoms with Gasteiger partial charge in [-0.25, -0.2) is 9.67 Å². The highest BCUT2D eigenvalue weighted by molar-refractivity contribution is 5.84. The van der Waals surface area contributed by atoms with Crippen LogP contribution in [0.15, 0.2) is 6.33 Å². The number of carbonyl (C=O) groups excluding carboxylic acids is 2. The van der Waals surface area contributed by atoms with Gasteiger partial charge in [-0.1, -0.05) is 0 Å². The minimum atomic E-state index is -0.235. The molecule has 94 valence electrons. The lowest BCUT2D eigenvalue weighted by molar-refractivity contribution is -0.135. The van der Waals surface area contributed by atoms with Crippen LogP contribution in [0.2, 0.25) is 0 Å². The van der Waals surface area contributed by atoms with Crippen LogP contribution >= 0.6 is 0 Å². The third-order valence-electron chi connectivity index (χ3n) is 2.03. The largest absolute Gasteiger partial charge is 0.367 e. The van der Waals surface area contributed by atoms with Gasteiger partial charge in [0.1, 0.15) is 12.9 Å². The van der Waals surface area contributed by atoms with Gasteiger partial charge in [0, 0.05) is 13.6 Å². The number of nitrogens with one attached hydrogen (secondary N) is 1. The lowest BCUT2D eigenvalue weighted by Gasteiger charge is -2.16. The maximum atomic E-state index is 11.7. The lowest BCUT2D eigenvalue weighted by Crippen LogP contribution is -2.39. The topological polar surface area (TPSA) is 106 Å². The summed E-state index contributed by atoms with van der Waals surface area (Å²) < 4.78 is 1.33. The number of nitrogens with zero attached hydrogens (tertiary/aromatic N) is 4. The quantitative estimate of drug-likeness (QED) is 0.648. The molecule has 8 heteroatoms. The van der Waals surface area contributed by atoms with E-state index in [1.807, 2.05) is 6.92 Å². The van der Waals surface area contributed by atoms with Gasteiger partial charge >= 0.3 is 0 Å². The number of anilines is 1. The number of rotatable bonds is 5. The number of nitrogens with two attached hydrogens (primary N) is 1. The van der Waals surface area contributed by atoms with E-state index in [-0.39, 0.29) is 30.9 Å². The molecule has 0 aliphatic carbocycles. The summed E-state index contributed by atoms with van der Waals surface area (Å²) in [5.74, 6) is -0.313. The van der Waals surface area contributed by atoms with Crippen molar-refractivity contribution in [2.75, 3.05) is 25.9 Å². The summed E-state index contributed by atoms with van der Waals surface area (Å²) in [6.45, 7) is 2.40. The zero-order chi connectivity index (χ0) is 12.8. The molecule has 1 rings (SSSR count). The molecular weight excluding hydrogens is 224 g/mol. The van der Waals surface area contributed by atoms with Crippen LogP contribution in [0.3, 0.4) is 0 Å². The Morgan fingerprint density at radius 3 is 2.82 bits per heavy atom. The van der Waals surface area contributed by atoms with Gasteiger partial charge in [-0.3, -0.25) is 9.59 Å². The van der Waals surface area contributed by atoms with Gasteiger partial charge < -0.3 is 16.0 Å². The normalized spacial score (nSPS) is 10.0. The van der Waals surface area contributed by atoms with E-state index < -0.39 is 0 Å². The number of amides is 2. The molecule has 0 radical (unpaired) electrons. The maximum absolute atomic E-state index is 11.7. The highest BCUT2D eigenvalue weighted by Gasteiger charge is 2.13. The second-order valence-electron chi connectivity index (χ2n) is 3.50. The van der Waals surface area contributed by atoms with Crippen LogP contribution in [-0.4, -0.2) is 51.6 Å². The molecule has 0 unspecified atom stereocenters. The van der Waals surface area contributed by atoms with Gasteiger partial charge in [0.15, 0.2) is 0 Å². The first kappa shape index (κ1) is 12.9. The molecule has 0 aromatic carbocycles. The Hall–Kier alpha value is -2.12. The van der Waals surface area contributed by atoms with E-state index in [0.717, 1.165) is 0 Å². The van der Waals surface area contributed by atoms with Gasteiger partial charge in [0.25, 0.3) is 0 Å². The number of hydrogen-bond donors (Lipinski definition) is 2. The number of likely N-dealkylation sites (N-methyl/N-ethyl adjacent to an activating group) is 2. The maximum Gasteiger partial charge on any atom is 0.244 e. The molecule has 0 aliphatic rings. The first-order chi connectivity index (χ1) is 8.02. The van der Waals surface area contributed by atoms with Gasteiger partial charge in [-0.05, 0) is 6.92 Å². The van der Waals surface area contributed by atoms with E-state index in [1.165, 1.54) is 15.9 Å². The molecule has 0 saturated carbocycles. The second kappa shape index (κ2) is 5.83. The fourth-order valence-corrected chi connectivity index (χ4v) is 1.20. The molecular formula is C9H16N6O2. The van der Waals surface area contributed by atoms with Crippen molar-refractivity contribution in [2.24, 2.45) is 0 Å². The zero-order valence-electron chi connectivity index (χ0n) is 9.88. The van der Waals surface area contributed by atoms with Gasteiger partial charge in [0.2, 0.25) is 17.8 Å². The summed E-state index contributed by atoms with van der Waals surface area (Å²) in [5, 5.41) is 6.40. The van der Waals surface area contributed by atoms with Gasteiger partial charge in [-0.15, -0.1) is 5.10 Å². The molecule has 1 aromatic rings. The van der Waals surface area contributed by atoms with Crippen LogP contribution in [0.25, 0.3) is 0 Å². The molecule has 0 aliphatic heterocycles. The molecule has 0 saturated heterocycles. The lowest BCUT2D eigenvalue weighted by atomic mass is 10.4. The predicted molar refractivity (Wildman–Crippen MR) is 60.8 cm³/mol. The third kappa shape index (κ3) is 4.09. The molecule has 17 heavy (non-hydrogen) atoms. The van der Waals surface area contributed by atoms with Crippen molar-refractivity contribution in [1.82, 2.24) is 25.0 Å². The zero-order valence-corrected chi connectivity index (χ0v) is 9.88. The first-order valence-corrected chi connectivity index (χ1v) is 5.18. The molecule has 1 aromatic heterocycles. The highest BCUT2D eigenvalue weighted by atomic mass is 16.2. The van der Waals surface area contributed by atoms with E-state index in [2.05, 4.69) is 15.4 Å². The Morgan fingerprint density at radius 1 is 1.59 bits per heavy atom. The summed E-state index contributed by atoms with van der Waals surface area (Å²) in [5.41, 5.74) is 5.32. The summed E-state index contributed by atoms with van der Waals surface area (Å²) in [7, 11) is 1.55. The van der Waals surface area contributed by atoms with Gasteiger partial charge in [-0.2, -0.15) is 0 Å². The Labute approximate surface area is 98.8 Å². The number of aromatic nitrogens is 3. The first-order valence-electron chi connectivity index (χ1n) is 5.18. The molecule has 1 heterocycles. The minimum Gasteiger partial charge on any atom is -0.367 e. The average Bonchev–Trinajstić information content (AvgIpc) is 2.64. The highest BCUT2D eigenvalue weighted by Crippen LogP contribution is 1.93.